The van der Waals surface area contributed by atoms with Gasteiger partial charge in [-0.15, -0.1) is 5.10 Å². The van der Waals surface area contributed by atoms with E-state index >= 15 is 0 Å². The summed E-state index contributed by atoms with van der Waals surface area (Å²) < 4.78 is 6.17. The lowest BCUT2D eigenvalue weighted by Crippen LogP contribution is -2.28. The Morgan fingerprint density at radius 1 is 1.69 bits per heavy atom. The van der Waals surface area contributed by atoms with Gasteiger partial charge in [-0.3, -0.25) is 0 Å². The second-order valence-corrected chi connectivity index (χ2v) is 2.22. The molecule has 1 aromatic heterocycles. The molecule has 0 aromatic carbocycles. The van der Waals surface area contributed by atoms with Gasteiger partial charge in [-0.1, -0.05) is 0 Å². The summed E-state index contributed by atoms with van der Waals surface area (Å²) in [4.78, 5) is 10.8. The van der Waals surface area contributed by atoms with E-state index in [0.29, 0.717) is 19.7 Å². The minimum Gasteiger partial charge on any atom is -0.450 e. The maximum absolute atomic E-state index is 10.8. The number of nitrogens with zero attached hydrogens (tertiary/aromatic N) is 4. The molecular formula is C6H11N5O2. The summed E-state index contributed by atoms with van der Waals surface area (Å²) in [5, 5.41) is 13.1. The SMILES string of the molecule is CCOC(=O)NCCn1cnnn1. The van der Waals surface area contributed by atoms with E-state index in [1.54, 1.807) is 6.92 Å². The first-order valence-electron chi connectivity index (χ1n) is 3.94. The van der Waals surface area contributed by atoms with E-state index in [4.69, 9.17) is 0 Å². The number of amides is 1. The van der Waals surface area contributed by atoms with Crippen LogP contribution in [0.25, 0.3) is 0 Å². The number of hydrogen-bond acceptors (Lipinski definition) is 5. The Morgan fingerprint density at radius 2 is 2.54 bits per heavy atom. The third kappa shape index (κ3) is 3.50. The fourth-order valence-electron chi connectivity index (χ4n) is 0.737. The number of aromatic nitrogens is 4. The average Bonchev–Trinajstić information content (AvgIpc) is 2.57. The molecule has 1 N–H and O–H groups in total. The molecule has 7 nitrogen and oxygen atoms in total. The Bertz CT molecular complexity index is 248. The zero-order chi connectivity index (χ0) is 9.52. The predicted molar refractivity (Wildman–Crippen MR) is 42.8 cm³/mol. The number of tetrazole rings is 1. The Labute approximate surface area is 75.1 Å². The van der Waals surface area contributed by atoms with Crippen molar-refractivity contribution in [2.24, 2.45) is 0 Å². The van der Waals surface area contributed by atoms with Crippen molar-refractivity contribution < 1.29 is 9.53 Å². The van der Waals surface area contributed by atoms with E-state index in [0.717, 1.165) is 0 Å². The quantitative estimate of drug-likeness (QED) is 0.678. The summed E-state index contributed by atoms with van der Waals surface area (Å²) >= 11 is 0. The van der Waals surface area contributed by atoms with Crippen LogP contribution >= 0.6 is 0 Å². The predicted octanol–water partition coefficient (Wildman–Crippen LogP) is -0.581. The number of ether oxygens (including phenoxy) is 1. The number of rotatable bonds is 4. The highest BCUT2D eigenvalue weighted by atomic mass is 16.5. The van der Waals surface area contributed by atoms with Crippen molar-refractivity contribution in [2.75, 3.05) is 13.2 Å². The summed E-state index contributed by atoms with van der Waals surface area (Å²) in [6.45, 7) is 3.10. The Kier molecular flexibility index (Phi) is 3.68. The van der Waals surface area contributed by atoms with E-state index in [9.17, 15) is 4.79 Å². The van der Waals surface area contributed by atoms with Gasteiger partial charge in [0.05, 0.1) is 13.2 Å². The van der Waals surface area contributed by atoms with Crippen LogP contribution in [0.2, 0.25) is 0 Å². The van der Waals surface area contributed by atoms with Crippen LogP contribution in [0.3, 0.4) is 0 Å². The first-order valence-corrected chi connectivity index (χ1v) is 3.94. The lowest BCUT2D eigenvalue weighted by molar-refractivity contribution is 0.151. The van der Waals surface area contributed by atoms with Crippen LogP contribution in [0.5, 0.6) is 0 Å². The van der Waals surface area contributed by atoms with Crippen molar-refractivity contribution in [1.82, 2.24) is 25.5 Å². The standard InChI is InChI=1S/C6H11N5O2/c1-2-13-6(12)7-3-4-11-5-8-9-10-11/h5H,2-4H2,1H3,(H,7,12). The molecule has 0 saturated carbocycles. The summed E-state index contributed by atoms with van der Waals surface area (Å²) in [5.74, 6) is 0. The third-order valence-corrected chi connectivity index (χ3v) is 1.28. The van der Waals surface area contributed by atoms with Gasteiger partial charge in [-0.2, -0.15) is 0 Å². The summed E-state index contributed by atoms with van der Waals surface area (Å²) in [6, 6.07) is 0. The third-order valence-electron chi connectivity index (χ3n) is 1.28. The van der Waals surface area contributed by atoms with Gasteiger partial charge >= 0.3 is 6.09 Å². The second-order valence-electron chi connectivity index (χ2n) is 2.22. The van der Waals surface area contributed by atoms with Crippen LogP contribution in [-0.2, 0) is 11.3 Å². The fourth-order valence-corrected chi connectivity index (χ4v) is 0.737. The summed E-state index contributed by atoms with van der Waals surface area (Å²) in [5.41, 5.74) is 0. The molecule has 0 aliphatic heterocycles. The highest BCUT2D eigenvalue weighted by Gasteiger charge is 1.98. The van der Waals surface area contributed by atoms with E-state index < -0.39 is 6.09 Å². The van der Waals surface area contributed by atoms with Gasteiger partial charge in [0.2, 0.25) is 0 Å². The highest BCUT2D eigenvalue weighted by molar-refractivity contribution is 5.66. The van der Waals surface area contributed by atoms with Crippen LogP contribution in [0.15, 0.2) is 6.33 Å². The molecule has 1 heterocycles. The maximum Gasteiger partial charge on any atom is 0.407 e. The molecule has 1 amide bonds. The summed E-state index contributed by atoms with van der Waals surface area (Å²) in [7, 11) is 0. The number of alkyl carbamates (subject to hydrolysis) is 1. The Hall–Kier alpha value is -1.66. The molecule has 0 aliphatic carbocycles. The topological polar surface area (TPSA) is 81.9 Å². The van der Waals surface area contributed by atoms with Gasteiger partial charge < -0.3 is 10.1 Å². The molecule has 0 aliphatic rings. The minimum absolute atomic E-state index is 0.372. The molecule has 0 fully saturated rings. The van der Waals surface area contributed by atoms with Crippen molar-refractivity contribution in [3.05, 3.63) is 6.33 Å². The molecule has 72 valence electrons. The lowest BCUT2D eigenvalue weighted by Gasteiger charge is -2.03. The molecular weight excluding hydrogens is 174 g/mol. The van der Waals surface area contributed by atoms with Gasteiger partial charge in [0, 0.05) is 6.54 Å². The molecule has 0 saturated heterocycles. The van der Waals surface area contributed by atoms with Gasteiger partial charge in [-0.05, 0) is 17.4 Å². The van der Waals surface area contributed by atoms with Crippen LogP contribution in [0.1, 0.15) is 6.92 Å². The molecule has 0 unspecified atom stereocenters. The molecule has 0 bridgehead atoms. The molecule has 7 heteroatoms. The number of carbonyl (C=O) groups excluding carboxylic acids is 1. The normalized spacial score (nSPS) is 9.62. The lowest BCUT2D eigenvalue weighted by atomic mass is 10.6. The number of hydrogen-bond donors (Lipinski definition) is 1. The van der Waals surface area contributed by atoms with Crippen LogP contribution < -0.4 is 5.32 Å². The van der Waals surface area contributed by atoms with E-state index in [-0.39, 0.29) is 0 Å². The molecule has 1 rings (SSSR count). The molecule has 0 atom stereocenters. The Balaban J connectivity index is 2.11. The van der Waals surface area contributed by atoms with Crippen molar-refractivity contribution in [2.45, 2.75) is 13.5 Å². The number of carbonyl (C=O) groups is 1. The van der Waals surface area contributed by atoms with Crippen LogP contribution in [0, 0.1) is 0 Å². The number of nitrogens with one attached hydrogen (secondary N) is 1. The van der Waals surface area contributed by atoms with E-state index in [2.05, 4.69) is 25.6 Å². The van der Waals surface area contributed by atoms with E-state index in [1.807, 2.05) is 0 Å². The second kappa shape index (κ2) is 5.07. The molecule has 1 aromatic rings. The molecule has 0 radical (unpaired) electrons. The zero-order valence-corrected chi connectivity index (χ0v) is 7.30. The van der Waals surface area contributed by atoms with E-state index in [1.165, 1.54) is 11.0 Å². The summed E-state index contributed by atoms with van der Waals surface area (Å²) in [6.07, 6.45) is 1.06. The largest absolute Gasteiger partial charge is 0.450 e. The van der Waals surface area contributed by atoms with Crippen LogP contribution in [0.4, 0.5) is 4.79 Å². The average molecular weight is 185 g/mol. The van der Waals surface area contributed by atoms with Gasteiger partial charge in [0.15, 0.2) is 0 Å². The first-order chi connectivity index (χ1) is 6.33. The zero-order valence-electron chi connectivity index (χ0n) is 7.30. The highest BCUT2D eigenvalue weighted by Crippen LogP contribution is 1.78. The first kappa shape index (κ1) is 9.43. The van der Waals surface area contributed by atoms with Crippen LogP contribution in [-0.4, -0.2) is 39.5 Å². The van der Waals surface area contributed by atoms with Gasteiger partial charge in [0.1, 0.15) is 6.33 Å². The van der Waals surface area contributed by atoms with Gasteiger partial charge in [0.25, 0.3) is 0 Å². The monoisotopic (exact) mass is 185 g/mol. The van der Waals surface area contributed by atoms with Crippen molar-refractivity contribution in [3.8, 4) is 0 Å². The maximum atomic E-state index is 10.8. The van der Waals surface area contributed by atoms with Crippen molar-refractivity contribution in [3.63, 3.8) is 0 Å². The molecule has 0 spiro atoms. The Morgan fingerprint density at radius 3 is 3.15 bits per heavy atom. The van der Waals surface area contributed by atoms with Crippen molar-refractivity contribution in [1.29, 1.82) is 0 Å². The van der Waals surface area contributed by atoms with Gasteiger partial charge in [-0.25, -0.2) is 9.48 Å². The van der Waals surface area contributed by atoms with Crippen molar-refractivity contribution >= 4 is 6.09 Å². The minimum atomic E-state index is -0.421. The molecule has 13 heavy (non-hydrogen) atoms. The fraction of sp³-hybridized carbons (Fsp3) is 0.667. The smallest absolute Gasteiger partial charge is 0.407 e.